The average molecular weight is 451 g/mol. The van der Waals surface area contributed by atoms with Gasteiger partial charge in [0.1, 0.15) is 11.5 Å². The summed E-state index contributed by atoms with van der Waals surface area (Å²) in [5, 5.41) is 5.85. The molecule has 0 radical (unpaired) electrons. The maximum Gasteiger partial charge on any atom is 0.257 e. The van der Waals surface area contributed by atoms with Crippen LogP contribution in [-0.2, 0) is 0 Å². The lowest BCUT2D eigenvalue weighted by Gasteiger charge is -2.12. The van der Waals surface area contributed by atoms with Gasteiger partial charge in [-0.25, -0.2) is 0 Å². The zero-order valence-corrected chi connectivity index (χ0v) is 17.9. The molecule has 0 heterocycles. The molecular weight excluding hydrogens is 428 g/mol. The highest BCUT2D eigenvalue weighted by Gasteiger charge is 2.11. The van der Waals surface area contributed by atoms with E-state index in [9.17, 15) is 4.79 Å². The second kappa shape index (κ2) is 10.3. The zero-order valence-electron chi connectivity index (χ0n) is 15.5. The molecule has 7 heteroatoms. The fraction of sp³-hybridized carbons (Fsp3) is 0.300. The Hall–Kier alpha value is -2.12. The minimum atomic E-state index is -0.296. The van der Waals surface area contributed by atoms with Gasteiger partial charge in [0.2, 0.25) is 0 Å². The Bertz CT molecular complexity index is 794. The number of benzene rings is 2. The molecule has 0 saturated heterocycles. The number of anilines is 1. The van der Waals surface area contributed by atoms with Gasteiger partial charge in [0.15, 0.2) is 5.11 Å². The highest BCUT2D eigenvalue weighted by molar-refractivity contribution is 9.10. The van der Waals surface area contributed by atoms with E-state index in [0.29, 0.717) is 23.8 Å². The van der Waals surface area contributed by atoms with E-state index in [2.05, 4.69) is 40.4 Å². The van der Waals surface area contributed by atoms with Crippen molar-refractivity contribution in [3.8, 4) is 11.5 Å². The first-order chi connectivity index (χ1) is 12.9. The van der Waals surface area contributed by atoms with Crippen LogP contribution in [0.3, 0.4) is 0 Å². The van der Waals surface area contributed by atoms with Crippen molar-refractivity contribution in [1.29, 1.82) is 0 Å². The minimum Gasteiger partial charge on any atom is -0.497 e. The Labute approximate surface area is 173 Å². The summed E-state index contributed by atoms with van der Waals surface area (Å²) in [6.45, 7) is 4.93. The lowest BCUT2D eigenvalue weighted by Crippen LogP contribution is -2.34. The van der Waals surface area contributed by atoms with Crippen LogP contribution in [0.1, 0.15) is 30.6 Å². The lowest BCUT2D eigenvalue weighted by molar-refractivity contribution is 0.0977. The first-order valence-electron chi connectivity index (χ1n) is 8.57. The third-order valence-electron chi connectivity index (χ3n) is 3.72. The van der Waals surface area contributed by atoms with E-state index in [-0.39, 0.29) is 11.0 Å². The summed E-state index contributed by atoms with van der Waals surface area (Å²) in [6, 6.07) is 12.5. The van der Waals surface area contributed by atoms with Gasteiger partial charge in [-0.15, -0.1) is 0 Å². The van der Waals surface area contributed by atoms with Crippen molar-refractivity contribution in [3.63, 3.8) is 0 Å². The Kier molecular flexibility index (Phi) is 8.06. The maximum absolute atomic E-state index is 12.4. The number of halogens is 1. The van der Waals surface area contributed by atoms with Crippen LogP contribution in [0.5, 0.6) is 11.5 Å². The molecule has 0 bridgehead atoms. The van der Waals surface area contributed by atoms with Crippen LogP contribution in [0, 0.1) is 5.92 Å². The van der Waals surface area contributed by atoms with Gasteiger partial charge in [-0.1, -0.05) is 13.8 Å². The summed E-state index contributed by atoms with van der Waals surface area (Å²) in [5.41, 5.74) is 1.24. The number of hydrogen-bond acceptors (Lipinski definition) is 4. The molecule has 27 heavy (non-hydrogen) atoms. The van der Waals surface area contributed by atoms with Gasteiger partial charge in [-0.2, -0.15) is 0 Å². The summed E-state index contributed by atoms with van der Waals surface area (Å²) >= 11 is 8.65. The number of rotatable bonds is 7. The van der Waals surface area contributed by atoms with Crippen LogP contribution in [0.2, 0.25) is 0 Å². The number of hydrogen-bond donors (Lipinski definition) is 2. The smallest absolute Gasteiger partial charge is 0.257 e. The number of carbonyl (C=O) groups is 1. The van der Waals surface area contributed by atoms with E-state index in [0.717, 1.165) is 22.3 Å². The molecule has 0 unspecified atom stereocenters. The van der Waals surface area contributed by atoms with Gasteiger partial charge >= 0.3 is 0 Å². The van der Waals surface area contributed by atoms with Crippen molar-refractivity contribution in [2.45, 2.75) is 20.3 Å². The summed E-state index contributed by atoms with van der Waals surface area (Å²) in [7, 11) is 1.60. The molecule has 2 aromatic rings. The highest BCUT2D eigenvalue weighted by atomic mass is 79.9. The fourth-order valence-electron chi connectivity index (χ4n) is 2.18. The van der Waals surface area contributed by atoms with Gasteiger partial charge in [0, 0.05) is 11.3 Å². The largest absolute Gasteiger partial charge is 0.497 e. The average Bonchev–Trinajstić information content (AvgIpc) is 2.63. The predicted octanol–water partition coefficient (Wildman–Crippen LogP) is 5.01. The van der Waals surface area contributed by atoms with Crippen LogP contribution >= 0.6 is 28.1 Å². The van der Waals surface area contributed by atoms with Crippen LogP contribution in [0.4, 0.5) is 5.69 Å². The predicted molar refractivity (Wildman–Crippen MR) is 116 cm³/mol. The van der Waals surface area contributed by atoms with Crippen molar-refractivity contribution >= 4 is 44.9 Å². The molecule has 1 amide bonds. The Morgan fingerprint density at radius 1 is 1.19 bits per heavy atom. The summed E-state index contributed by atoms with van der Waals surface area (Å²) < 4.78 is 11.6. The van der Waals surface area contributed by atoms with Gasteiger partial charge < -0.3 is 14.8 Å². The van der Waals surface area contributed by atoms with Gasteiger partial charge in [-0.05, 0) is 83.0 Å². The maximum atomic E-state index is 12.4. The standard InChI is InChI=1S/C20H23BrN2O3S/c1-13(2)10-11-26-18-9-4-14(12-17(18)21)19(24)23-20(27)22-15-5-7-16(25-3)8-6-15/h4-9,12-13H,10-11H2,1-3H3,(H2,22,23,24,27). The molecule has 2 N–H and O–H groups in total. The highest BCUT2D eigenvalue weighted by Crippen LogP contribution is 2.26. The van der Waals surface area contributed by atoms with Crippen molar-refractivity contribution in [1.82, 2.24) is 5.32 Å². The van der Waals surface area contributed by atoms with Crippen LogP contribution in [-0.4, -0.2) is 24.7 Å². The zero-order chi connectivity index (χ0) is 19.8. The van der Waals surface area contributed by atoms with Gasteiger partial charge in [0.05, 0.1) is 18.2 Å². The number of carbonyl (C=O) groups excluding carboxylic acids is 1. The van der Waals surface area contributed by atoms with Crippen molar-refractivity contribution < 1.29 is 14.3 Å². The summed E-state index contributed by atoms with van der Waals surface area (Å²) in [4.78, 5) is 12.4. The molecule has 0 spiro atoms. The lowest BCUT2D eigenvalue weighted by atomic mass is 10.1. The molecule has 0 fully saturated rings. The quantitative estimate of drug-likeness (QED) is 0.580. The van der Waals surface area contributed by atoms with Gasteiger partial charge in [0.25, 0.3) is 5.91 Å². The Balaban J connectivity index is 1.92. The molecule has 0 saturated carbocycles. The minimum absolute atomic E-state index is 0.221. The SMILES string of the molecule is COc1ccc(NC(=S)NC(=O)c2ccc(OCCC(C)C)c(Br)c2)cc1. The normalized spacial score (nSPS) is 10.4. The number of thiocarbonyl (C=S) groups is 1. The number of ether oxygens (including phenoxy) is 2. The molecule has 5 nitrogen and oxygen atoms in total. The van der Waals surface area contributed by atoms with Crippen LogP contribution in [0.25, 0.3) is 0 Å². The Morgan fingerprint density at radius 3 is 2.48 bits per heavy atom. The fourth-order valence-corrected chi connectivity index (χ4v) is 2.88. The summed E-state index contributed by atoms with van der Waals surface area (Å²) in [5.74, 6) is 1.74. The van der Waals surface area contributed by atoms with E-state index in [1.807, 2.05) is 24.3 Å². The molecule has 2 aromatic carbocycles. The van der Waals surface area contributed by atoms with E-state index in [1.54, 1.807) is 25.3 Å². The first kappa shape index (κ1) is 21.2. The van der Waals surface area contributed by atoms with Crippen molar-refractivity contribution in [2.75, 3.05) is 19.0 Å². The molecule has 0 aliphatic heterocycles. The number of nitrogens with one attached hydrogen (secondary N) is 2. The molecular formula is C20H23BrN2O3S. The van der Waals surface area contributed by atoms with Crippen molar-refractivity contribution in [3.05, 3.63) is 52.5 Å². The van der Waals surface area contributed by atoms with Crippen LogP contribution in [0.15, 0.2) is 46.9 Å². The van der Waals surface area contributed by atoms with E-state index in [4.69, 9.17) is 21.7 Å². The molecule has 0 aromatic heterocycles. The van der Waals surface area contributed by atoms with E-state index in [1.165, 1.54) is 0 Å². The number of amides is 1. The first-order valence-corrected chi connectivity index (χ1v) is 9.78. The second-order valence-corrected chi connectivity index (χ2v) is 7.58. The van der Waals surface area contributed by atoms with Gasteiger partial charge in [-0.3, -0.25) is 10.1 Å². The second-order valence-electron chi connectivity index (χ2n) is 6.31. The van der Waals surface area contributed by atoms with E-state index >= 15 is 0 Å². The molecule has 2 rings (SSSR count). The molecule has 0 atom stereocenters. The Morgan fingerprint density at radius 2 is 1.89 bits per heavy atom. The third kappa shape index (κ3) is 6.84. The van der Waals surface area contributed by atoms with E-state index < -0.39 is 0 Å². The molecule has 0 aliphatic rings. The monoisotopic (exact) mass is 450 g/mol. The summed E-state index contributed by atoms with van der Waals surface area (Å²) in [6.07, 6.45) is 0.972. The third-order valence-corrected chi connectivity index (χ3v) is 4.55. The molecule has 144 valence electrons. The van der Waals surface area contributed by atoms with Crippen LogP contribution < -0.4 is 20.1 Å². The number of methoxy groups -OCH3 is 1. The van der Waals surface area contributed by atoms with Crippen molar-refractivity contribution in [2.24, 2.45) is 5.92 Å². The molecule has 0 aliphatic carbocycles. The topological polar surface area (TPSA) is 59.6 Å².